The largest absolute Gasteiger partial charge is 0.487 e. The SMILES string of the molecule is O=C(CC1CSCCN1)Nc1ccc(OCc2cn3ccccc3n2)cc1. The molecule has 0 spiro atoms. The highest BCUT2D eigenvalue weighted by Crippen LogP contribution is 2.18. The highest BCUT2D eigenvalue weighted by Gasteiger charge is 2.16. The van der Waals surface area contributed by atoms with Gasteiger partial charge in [0.2, 0.25) is 5.91 Å². The standard InChI is InChI=1S/C20H22N4O2S/c25-20(11-16-14-27-10-8-21-16)23-15-4-6-18(7-5-15)26-13-17-12-24-9-2-1-3-19(24)22-17/h1-7,9,12,16,21H,8,10-11,13-14H2,(H,23,25). The van der Waals surface area contributed by atoms with Crippen molar-refractivity contribution < 1.29 is 9.53 Å². The molecule has 1 unspecified atom stereocenters. The van der Waals surface area contributed by atoms with Crippen molar-refractivity contribution in [2.24, 2.45) is 0 Å². The molecule has 6 nitrogen and oxygen atoms in total. The van der Waals surface area contributed by atoms with Gasteiger partial charge in [-0.25, -0.2) is 4.98 Å². The van der Waals surface area contributed by atoms with Gasteiger partial charge in [-0.15, -0.1) is 0 Å². The molecular formula is C20H22N4O2S. The second-order valence-corrected chi connectivity index (χ2v) is 7.64. The normalized spacial score (nSPS) is 17.0. The van der Waals surface area contributed by atoms with E-state index in [2.05, 4.69) is 15.6 Å². The van der Waals surface area contributed by atoms with Crippen molar-refractivity contribution in [3.8, 4) is 5.75 Å². The molecule has 140 valence electrons. The number of pyridine rings is 1. The number of anilines is 1. The highest BCUT2D eigenvalue weighted by molar-refractivity contribution is 7.99. The monoisotopic (exact) mass is 382 g/mol. The Morgan fingerprint density at radius 1 is 1.30 bits per heavy atom. The summed E-state index contributed by atoms with van der Waals surface area (Å²) in [5.74, 6) is 2.89. The molecule has 3 heterocycles. The number of nitrogens with zero attached hydrogens (tertiary/aromatic N) is 2. The zero-order valence-electron chi connectivity index (χ0n) is 14.9. The van der Waals surface area contributed by atoms with Gasteiger partial charge in [-0.2, -0.15) is 11.8 Å². The summed E-state index contributed by atoms with van der Waals surface area (Å²) in [6.45, 7) is 1.37. The minimum absolute atomic E-state index is 0.0355. The first-order chi connectivity index (χ1) is 13.3. The highest BCUT2D eigenvalue weighted by atomic mass is 32.2. The molecule has 1 saturated heterocycles. The third kappa shape index (κ3) is 4.81. The molecule has 2 aromatic heterocycles. The summed E-state index contributed by atoms with van der Waals surface area (Å²) >= 11 is 1.89. The van der Waals surface area contributed by atoms with E-state index >= 15 is 0 Å². The Balaban J connectivity index is 1.28. The minimum atomic E-state index is 0.0355. The average Bonchev–Trinajstić information content (AvgIpc) is 3.11. The lowest BCUT2D eigenvalue weighted by Gasteiger charge is -2.22. The number of hydrogen-bond acceptors (Lipinski definition) is 5. The van der Waals surface area contributed by atoms with Crippen LogP contribution in [0.4, 0.5) is 5.69 Å². The fourth-order valence-electron chi connectivity index (χ4n) is 3.04. The van der Waals surface area contributed by atoms with Gasteiger partial charge in [-0.1, -0.05) is 6.07 Å². The summed E-state index contributed by atoms with van der Waals surface area (Å²) in [7, 11) is 0. The maximum absolute atomic E-state index is 12.2. The number of aromatic nitrogens is 2. The number of carbonyl (C=O) groups excluding carboxylic acids is 1. The quantitative estimate of drug-likeness (QED) is 0.686. The van der Waals surface area contributed by atoms with E-state index in [4.69, 9.17) is 4.74 Å². The molecule has 1 amide bonds. The van der Waals surface area contributed by atoms with Crippen molar-refractivity contribution in [2.75, 3.05) is 23.4 Å². The number of carbonyl (C=O) groups is 1. The van der Waals surface area contributed by atoms with Crippen molar-refractivity contribution in [3.05, 3.63) is 60.6 Å². The van der Waals surface area contributed by atoms with E-state index in [9.17, 15) is 4.79 Å². The van der Waals surface area contributed by atoms with Gasteiger partial charge >= 0.3 is 0 Å². The van der Waals surface area contributed by atoms with Crippen LogP contribution >= 0.6 is 11.8 Å². The molecule has 0 bridgehead atoms. The molecule has 1 aliphatic heterocycles. The molecule has 27 heavy (non-hydrogen) atoms. The second kappa shape index (κ2) is 8.45. The first kappa shape index (κ1) is 17.9. The molecule has 2 N–H and O–H groups in total. The average molecular weight is 382 g/mol. The lowest BCUT2D eigenvalue weighted by molar-refractivity contribution is -0.116. The second-order valence-electron chi connectivity index (χ2n) is 6.49. The zero-order valence-corrected chi connectivity index (χ0v) is 15.7. The van der Waals surface area contributed by atoms with Crippen molar-refractivity contribution in [1.82, 2.24) is 14.7 Å². The molecule has 0 radical (unpaired) electrons. The topological polar surface area (TPSA) is 67.7 Å². The Kier molecular flexibility index (Phi) is 5.60. The number of imidazole rings is 1. The number of hydrogen-bond donors (Lipinski definition) is 2. The molecule has 4 rings (SSSR count). The fourth-order valence-corrected chi connectivity index (χ4v) is 3.98. The summed E-state index contributed by atoms with van der Waals surface area (Å²) in [5, 5.41) is 6.33. The van der Waals surface area contributed by atoms with E-state index in [-0.39, 0.29) is 11.9 Å². The molecule has 1 aromatic carbocycles. The van der Waals surface area contributed by atoms with Crippen LogP contribution in [0, 0.1) is 0 Å². The van der Waals surface area contributed by atoms with Gasteiger partial charge in [0.05, 0.1) is 5.69 Å². The van der Waals surface area contributed by atoms with Crippen LogP contribution in [0.1, 0.15) is 12.1 Å². The lowest BCUT2D eigenvalue weighted by atomic mass is 10.2. The molecule has 1 aliphatic rings. The van der Waals surface area contributed by atoms with E-state index < -0.39 is 0 Å². The number of amides is 1. The van der Waals surface area contributed by atoms with Gasteiger partial charge in [0.1, 0.15) is 18.0 Å². The van der Waals surface area contributed by atoms with Gasteiger partial charge < -0.3 is 19.8 Å². The Labute approximate surface area is 162 Å². The van der Waals surface area contributed by atoms with Crippen LogP contribution in [0.2, 0.25) is 0 Å². The maximum atomic E-state index is 12.2. The Morgan fingerprint density at radius 3 is 2.96 bits per heavy atom. The van der Waals surface area contributed by atoms with Crippen LogP contribution in [0.3, 0.4) is 0 Å². The van der Waals surface area contributed by atoms with Crippen molar-refractivity contribution in [2.45, 2.75) is 19.1 Å². The summed E-state index contributed by atoms with van der Waals surface area (Å²) < 4.78 is 7.77. The molecule has 1 atom stereocenters. The number of ether oxygens (including phenoxy) is 1. The number of rotatable bonds is 6. The molecule has 1 fully saturated rings. The Bertz CT molecular complexity index is 871. The smallest absolute Gasteiger partial charge is 0.225 e. The summed E-state index contributed by atoms with van der Waals surface area (Å²) in [6.07, 6.45) is 4.42. The van der Waals surface area contributed by atoms with Gasteiger partial charge in [-0.05, 0) is 36.4 Å². The molecule has 0 aliphatic carbocycles. The third-order valence-corrected chi connectivity index (χ3v) is 5.50. The van der Waals surface area contributed by atoms with E-state index in [1.54, 1.807) is 0 Å². The first-order valence-electron chi connectivity index (χ1n) is 9.03. The van der Waals surface area contributed by atoms with E-state index in [1.165, 1.54) is 0 Å². The van der Waals surface area contributed by atoms with Gasteiger partial charge in [0, 0.05) is 48.6 Å². The van der Waals surface area contributed by atoms with Crippen molar-refractivity contribution in [3.63, 3.8) is 0 Å². The van der Waals surface area contributed by atoms with Gasteiger partial charge in [0.25, 0.3) is 0 Å². The summed E-state index contributed by atoms with van der Waals surface area (Å²) in [4.78, 5) is 16.7. The van der Waals surface area contributed by atoms with Crippen molar-refractivity contribution >= 4 is 29.0 Å². The van der Waals surface area contributed by atoms with Crippen LogP contribution in [-0.2, 0) is 11.4 Å². The molecule has 7 heteroatoms. The third-order valence-electron chi connectivity index (χ3n) is 4.37. The number of fused-ring (bicyclic) bond motifs is 1. The fraction of sp³-hybridized carbons (Fsp3) is 0.300. The van der Waals surface area contributed by atoms with Gasteiger partial charge in [0.15, 0.2) is 0 Å². The Hall–Kier alpha value is -2.51. The number of benzene rings is 1. The first-order valence-corrected chi connectivity index (χ1v) is 10.2. The van der Waals surface area contributed by atoms with Crippen LogP contribution < -0.4 is 15.4 Å². The molecule has 3 aromatic rings. The Morgan fingerprint density at radius 2 is 2.19 bits per heavy atom. The van der Waals surface area contributed by atoms with E-state index in [1.807, 2.05) is 71.0 Å². The number of nitrogens with one attached hydrogen (secondary N) is 2. The molecule has 0 saturated carbocycles. The van der Waals surface area contributed by atoms with E-state index in [0.29, 0.717) is 13.0 Å². The summed E-state index contributed by atoms with van der Waals surface area (Å²) in [5.41, 5.74) is 2.56. The number of thioether (sulfide) groups is 1. The zero-order chi connectivity index (χ0) is 18.5. The summed E-state index contributed by atoms with van der Waals surface area (Å²) in [6, 6.07) is 13.6. The maximum Gasteiger partial charge on any atom is 0.225 e. The van der Waals surface area contributed by atoms with Crippen LogP contribution in [0.5, 0.6) is 5.75 Å². The van der Waals surface area contributed by atoms with Crippen LogP contribution in [0.15, 0.2) is 54.9 Å². The van der Waals surface area contributed by atoms with Crippen molar-refractivity contribution in [1.29, 1.82) is 0 Å². The van der Waals surface area contributed by atoms with Crippen LogP contribution in [-0.4, -0.2) is 39.4 Å². The molecular weight excluding hydrogens is 360 g/mol. The van der Waals surface area contributed by atoms with E-state index in [0.717, 1.165) is 40.8 Å². The van der Waals surface area contributed by atoms with Crippen LogP contribution in [0.25, 0.3) is 5.65 Å². The lowest BCUT2D eigenvalue weighted by Crippen LogP contribution is -2.39. The predicted octanol–water partition coefficient (Wildman–Crippen LogP) is 2.95. The minimum Gasteiger partial charge on any atom is -0.487 e. The predicted molar refractivity (Wildman–Crippen MR) is 108 cm³/mol. The van der Waals surface area contributed by atoms with Gasteiger partial charge in [-0.3, -0.25) is 4.79 Å².